The van der Waals surface area contributed by atoms with Crippen LogP contribution in [0.5, 0.6) is 0 Å². The van der Waals surface area contributed by atoms with E-state index >= 15 is 0 Å². The Bertz CT molecular complexity index is 1030. The zero-order chi connectivity index (χ0) is 21.2. The highest BCUT2D eigenvalue weighted by Gasteiger charge is 2.59. The van der Waals surface area contributed by atoms with E-state index in [1.165, 1.54) is 7.11 Å². The van der Waals surface area contributed by atoms with Crippen LogP contribution in [0.25, 0.3) is 0 Å². The Morgan fingerprint density at radius 1 is 1.20 bits per heavy atom. The van der Waals surface area contributed by atoms with Crippen LogP contribution in [0.15, 0.2) is 83.9 Å². The van der Waals surface area contributed by atoms with Gasteiger partial charge >= 0.3 is 5.97 Å². The number of methoxy groups -OCH3 is 1. The first-order valence-corrected chi connectivity index (χ1v) is 10.3. The summed E-state index contributed by atoms with van der Waals surface area (Å²) in [5.41, 5.74) is 0.0768. The summed E-state index contributed by atoms with van der Waals surface area (Å²) in [5.74, 6) is 0.0415. The van der Waals surface area contributed by atoms with Crippen LogP contribution in [0.4, 0.5) is 0 Å². The Morgan fingerprint density at radius 3 is 2.67 bits per heavy atom. The summed E-state index contributed by atoms with van der Waals surface area (Å²) in [6, 6.07) is 17.1. The predicted molar refractivity (Wildman–Crippen MR) is 119 cm³/mol. The summed E-state index contributed by atoms with van der Waals surface area (Å²) in [6.45, 7) is 2.09. The Kier molecular flexibility index (Phi) is 5.52. The Balaban J connectivity index is 1.86. The van der Waals surface area contributed by atoms with Gasteiger partial charge in [0.15, 0.2) is 0 Å². The monoisotopic (exact) mass is 421 g/mol. The fraction of sp³-hybridized carbons (Fsp3) is 0.280. The molecule has 0 spiro atoms. The molecule has 4 rings (SSSR count). The molecule has 2 aromatic carbocycles. The molecular weight excluding hydrogens is 398 g/mol. The number of carbonyl (C=O) groups is 1. The minimum absolute atomic E-state index is 0.328. The fourth-order valence-electron chi connectivity index (χ4n) is 4.30. The van der Waals surface area contributed by atoms with E-state index in [1.54, 1.807) is 0 Å². The largest absolute Gasteiger partial charge is 0.470 e. The van der Waals surface area contributed by atoms with Crippen LogP contribution in [-0.2, 0) is 20.7 Å². The van der Waals surface area contributed by atoms with E-state index < -0.39 is 23.0 Å². The number of ether oxygens (including phenoxy) is 2. The average Bonchev–Trinajstić information content (AvgIpc) is 3.16. The van der Waals surface area contributed by atoms with Crippen LogP contribution in [0, 0.1) is 5.41 Å². The zero-order valence-corrected chi connectivity index (χ0v) is 17.8. The Morgan fingerprint density at radius 2 is 2.00 bits per heavy atom. The average molecular weight is 422 g/mol. The smallest absolute Gasteiger partial charge is 0.338 e. The van der Waals surface area contributed by atoms with Crippen molar-refractivity contribution >= 4 is 23.5 Å². The number of nitrogens with zero attached hydrogens (tertiary/aromatic N) is 1. The van der Waals surface area contributed by atoms with E-state index in [9.17, 15) is 4.79 Å². The summed E-state index contributed by atoms with van der Waals surface area (Å²) in [5, 5.41) is 0.613. The van der Waals surface area contributed by atoms with E-state index in [0.717, 1.165) is 17.5 Å². The number of rotatable bonds is 5. The highest BCUT2D eigenvalue weighted by Crippen LogP contribution is 2.46. The maximum atomic E-state index is 13.3. The highest BCUT2D eigenvalue weighted by atomic mass is 35.5. The molecule has 0 fully saturated rings. The molecule has 4 nitrogen and oxygen atoms in total. The molecule has 0 amide bonds. The van der Waals surface area contributed by atoms with Gasteiger partial charge in [0.2, 0.25) is 11.4 Å². The van der Waals surface area contributed by atoms with Crippen LogP contribution in [0.3, 0.4) is 0 Å². The van der Waals surface area contributed by atoms with E-state index in [1.807, 2.05) is 66.7 Å². The maximum Gasteiger partial charge on any atom is 0.338 e. The number of carbonyl (C=O) groups excluding carboxylic acids is 1. The molecule has 1 aliphatic carbocycles. The van der Waals surface area contributed by atoms with Crippen molar-refractivity contribution in [2.45, 2.75) is 31.4 Å². The first-order chi connectivity index (χ1) is 14.5. The molecule has 1 aliphatic heterocycles. The number of hydrogen-bond acceptors (Lipinski definition) is 4. The van der Waals surface area contributed by atoms with Gasteiger partial charge in [0.1, 0.15) is 6.10 Å². The summed E-state index contributed by atoms with van der Waals surface area (Å²) in [7, 11) is 1.40. The first-order valence-electron chi connectivity index (χ1n) is 9.96. The van der Waals surface area contributed by atoms with Gasteiger partial charge in [-0.15, -0.1) is 0 Å². The number of allylic oxidation sites excluding steroid dienone is 3. The molecule has 30 heavy (non-hydrogen) atoms. The lowest BCUT2D eigenvalue weighted by molar-refractivity contribution is -0.152. The van der Waals surface area contributed by atoms with E-state index in [2.05, 4.69) is 19.1 Å². The molecule has 2 aliphatic rings. The highest BCUT2D eigenvalue weighted by molar-refractivity contribution is 6.30. The lowest BCUT2D eigenvalue weighted by Gasteiger charge is -2.40. The number of esters is 1. The quantitative estimate of drug-likeness (QED) is 0.626. The molecule has 0 saturated carbocycles. The van der Waals surface area contributed by atoms with Crippen molar-refractivity contribution in [2.75, 3.05) is 7.11 Å². The van der Waals surface area contributed by atoms with Crippen LogP contribution < -0.4 is 0 Å². The van der Waals surface area contributed by atoms with E-state index in [-0.39, 0.29) is 0 Å². The number of aliphatic imine (C=N–C) groups is 1. The van der Waals surface area contributed by atoms with Crippen molar-refractivity contribution in [3.63, 3.8) is 0 Å². The second-order valence-corrected chi connectivity index (χ2v) is 8.44. The lowest BCUT2D eigenvalue weighted by atomic mass is 9.69. The summed E-state index contributed by atoms with van der Waals surface area (Å²) < 4.78 is 11.8. The minimum Gasteiger partial charge on any atom is -0.470 e. The van der Waals surface area contributed by atoms with E-state index in [4.69, 9.17) is 26.1 Å². The molecule has 0 saturated heterocycles. The van der Waals surface area contributed by atoms with Gasteiger partial charge < -0.3 is 9.47 Å². The molecule has 0 N–H and O–H groups in total. The SMILES string of the molecule is COC(=O)[C@@]1(Cc2cccc(Cl)c2)N=C(c2ccccc2)O[C@H]1C1(C)C=CC=CC1. The first kappa shape index (κ1) is 20.4. The van der Waals surface area contributed by atoms with Gasteiger partial charge in [0, 0.05) is 22.4 Å². The fourth-order valence-corrected chi connectivity index (χ4v) is 4.51. The topological polar surface area (TPSA) is 47.9 Å². The molecule has 0 bridgehead atoms. The molecule has 5 heteroatoms. The van der Waals surface area contributed by atoms with Crippen molar-refractivity contribution in [1.29, 1.82) is 0 Å². The molecule has 3 atom stereocenters. The summed E-state index contributed by atoms with van der Waals surface area (Å²) in [4.78, 5) is 18.2. The second-order valence-electron chi connectivity index (χ2n) is 8.00. The minimum atomic E-state index is -1.23. The predicted octanol–water partition coefficient (Wildman–Crippen LogP) is 5.16. The van der Waals surface area contributed by atoms with Crippen molar-refractivity contribution in [2.24, 2.45) is 10.4 Å². The van der Waals surface area contributed by atoms with Crippen molar-refractivity contribution in [3.8, 4) is 0 Å². The Labute approximate surface area is 181 Å². The number of hydrogen-bond donors (Lipinski definition) is 0. The van der Waals surface area contributed by atoms with Gasteiger partial charge in [-0.2, -0.15) is 0 Å². The molecule has 0 aromatic heterocycles. The van der Waals surface area contributed by atoms with Crippen LogP contribution in [-0.4, -0.2) is 30.6 Å². The normalized spacial score (nSPS) is 27.4. The van der Waals surface area contributed by atoms with Crippen LogP contribution >= 0.6 is 11.6 Å². The molecule has 154 valence electrons. The number of halogens is 1. The third-order valence-electron chi connectivity index (χ3n) is 5.77. The van der Waals surface area contributed by atoms with Crippen LogP contribution in [0.2, 0.25) is 5.02 Å². The van der Waals surface area contributed by atoms with Crippen molar-refractivity contribution < 1.29 is 14.3 Å². The van der Waals surface area contributed by atoms with Gasteiger partial charge in [-0.1, -0.05) is 73.2 Å². The van der Waals surface area contributed by atoms with E-state index in [0.29, 0.717) is 17.3 Å². The van der Waals surface area contributed by atoms with Gasteiger partial charge in [-0.05, 0) is 36.2 Å². The zero-order valence-electron chi connectivity index (χ0n) is 17.0. The molecular formula is C25H24ClNO3. The third-order valence-corrected chi connectivity index (χ3v) is 6.00. The molecule has 2 aromatic rings. The van der Waals surface area contributed by atoms with Gasteiger partial charge in [-0.25, -0.2) is 9.79 Å². The standard InChI is InChI=1S/C25H24ClNO3/c1-24(14-7-4-8-15-24)22-25(23(28)29-2,17-18-10-9-13-20(26)16-18)27-21(30-22)19-11-5-3-6-12-19/h3-14,16,22H,15,17H2,1-2H3/t22-,24?,25-/m0/s1. The lowest BCUT2D eigenvalue weighted by Crippen LogP contribution is -2.55. The maximum absolute atomic E-state index is 13.3. The summed E-state index contributed by atoms with van der Waals surface area (Å²) >= 11 is 6.22. The van der Waals surface area contributed by atoms with Crippen molar-refractivity contribution in [1.82, 2.24) is 0 Å². The molecule has 1 heterocycles. The van der Waals surface area contributed by atoms with Gasteiger partial charge in [0.05, 0.1) is 7.11 Å². The third kappa shape index (κ3) is 3.68. The van der Waals surface area contributed by atoms with Gasteiger partial charge in [-0.3, -0.25) is 0 Å². The molecule has 1 unspecified atom stereocenters. The number of benzene rings is 2. The Hall–Kier alpha value is -2.85. The van der Waals surface area contributed by atoms with Crippen molar-refractivity contribution in [3.05, 3.63) is 95.1 Å². The van der Waals surface area contributed by atoms with Crippen LogP contribution in [0.1, 0.15) is 24.5 Å². The summed E-state index contributed by atoms with van der Waals surface area (Å²) in [6.07, 6.45) is 8.71. The van der Waals surface area contributed by atoms with Gasteiger partial charge in [0.25, 0.3) is 0 Å². The molecule has 0 radical (unpaired) electrons. The second kappa shape index (κ2) is 8.11.